The Bertz CT molecular complexity index is 1230. The predicted octanol–water partition coefficient (Wildman–Crippen LogP) is 4.70. The first kappa shape index (κ1) is 30.0. The van der Waals surface area contributed by atoms with E-state index in [1.54, 1.807) is 25.3 Å². The van der Waals surface area contributed by atoms with Gasteiger partial charge in [0.2, 0.25) is 0 Å². The maximum absolute atomic E-state index is 14.0. The van der Waals surface area contributed by atoms with E-state index in [2.05, 4.69) is 32.8 Å². The van der Waals surface area contributed by atoms with Gasteiger partial charge in [0.05, 0.1) is 45.3 Å². The SMILES string of the molecule is CCOP(=O)(c1ccccc1)c1cc(C#Cc2ccc(OCCOCCOCCOC)cc2)cc(CBr)n1. The van der Waals surface area contributed by atoms with Gasteiger partial charge < -0.3 is 23.5 Å². The van der Waals surface area contributed by atoms with E-state index in [4.69, 9.17) is 23.5 Å². The van der Waals surface area contributed by atoms with Crippen LogP contribution in [-0.2, 0) is 28.6 Å². The van der Waals surface area contributed by atoms with Crippen molar-refractivity contribution in [2.45, 2.75) is 12.3 Å². The van der Waals surface area contributed by atoms with Crippen LogP contribution in [0.15, 0.2) is 66.7 Å². The van der Waals surface area contributed by atoms with Crippen molar-refractivity contribution in [3.63, 3.8) is 0 Å². The van der Waals surface area contributed by atoms with Gasteiger partial charge in [-0.25, -0.2) is 4.98 Å². The molecule has 0 saturated heterocycles. The van der Waals surface area contributed by atoms with Crippen LogP contribution in [0.4, 0.5) is 0 Å². The lowest BCUT2D eigenvalue weighted by molar-refractivity contribution is 0.0180. The third-order valence-corrected chi connectivity index (χ3v) is 8.22. The number of alkyl halides is 1. The van der Waals surface area contributed by atoms with Crippen LogP contribution in [-0.4, -0.2) is 58.3 Å². The Hall–Kier alpha value is -2.50. The minimum absolute atomic E-state index is 0.303. The molecule has 0 aliphatic rings. The molecule has 7 nitrogen and oxygen atoms in total. The molecule has 9 heteroatoms. The van der Waals surface area contributed by atoms with Crippen LogP contribution >= 0.6 is 23.3 Å². The average molecular weight is 602 g/mol. The monoisotopic (exact) mass is 601 g/mol. The normalized spacial score (nSPS) is 12.4. The molecule has 3 rings (SSSR count). The highest BCUT2D eigenvalue weighted by Crippen LogP contribution is 2.44. The zero-order valence-electron chi connectivity index (χ0n) is 21.7. The number of nitrogens with zero attached hydrogens (tertiary/aromatic N) is 1. The smallest absolute Gasteiger partial charge is 0.279 e. The molecule has 0 saturated carbocycles. The van der Waals surface area contributed by atoms with Gasteiger partial charge in [0, 0.05) is 28.9 Å². The molecule has 202 valence electrons. The second-order valence-corrected chi connectivity index (χ2v) is 10.9. The molecule has 1 heterocycles. The summed E-state index contributed by atoms with van der Waals surface area (Å²) in [5.41, 5.74) is 2.66. The van der Waals surface area contributed by atoms with Crippen LogP contribution < -0.4 is 15.5 Å². The molecule has 0 aliphatic heterocycles. The molecule has 0 N–H and O–H groups in total. The van der Waals surface area contributed by atoms with Crippen molar-refractivity contribution in [2.75, 3.05) is 53.4 Å². The van der Waals surface area contributed by atoms with Crippen molar-refractivity contribution < 1.29 is 28.0 Å². The first-order valence-corrected chi connectivity index (χ1v) is 15.1. The van der Waals surface area contributed by atoms with E-state index < -0.39 is 7.37 Å². The largest absolute Gasteiger partial charge is 0.491 e. The van der Waals surface area contributed by atoms with Crippen LogP contribution in [0.5, 0.6) is 5.75 Å². The van der Waals surface area contributed by atoms with Crippen molar-refractivity contribution in [1.82, 2.24) is 4.98 Å². The Kier molecular flexibility index (Phi) is 13.0. The second-order valence-electron chi connectivity index (χ2n) is 7.98. The fourth-order valence-corrected chi connectivity index (χ4v) is 5.73. The second kappa shape index (κ2) is 16.5. The Balaban J connectivity index is 1.63. The van der Waals surface area contributed by atoms with Crippen LogP contribution in [0.25, 0.3) is 0 Å². The summed E-state index contributed by atoms with van der Waals surface area (Å²) in [6, 6.07) is 20.4. The van der Waals surface area contributed by atoms with Crippen molar-refractivity contribution >= 4 is 34.0 Å². The zero-order chi connectivity index (χ0) is 27.1. The minimum atomic E-state index is -3.36. The number of hydrogen-bond acceptors (Lipinski definition) is 7. The predicted molar refractivity (Wildman–Crippen MR) is 153 cm³/mol. The molecule has 2 aromatic carbocycles. The van der Waals surface area contributed by atoms with Crippen molar-refractivity contribution in [1.29, 1.82) is 0 Å². The maximum atomic E-state index is 14.0. The van der Waals surface area contributed by atoms with Gasteiger partial charge in [-0.1, -0.05) is 46.0 Å². The standard InChI is InChI=1S/C29H33BrNO6P/c1-3-37-38(32,28-7-5-4-6-8-28)29-22-25(21-26(23-30)31-29)10-9-24-11-13-27(14-12-24)36-20-19-35-18-17-34-16-15-33-2/h4-8,11-14,21-22H,3,15-20,23H2,1-2H3. The van der Waals surface area contributed by atoms with E-state index in [0.29, 0.717) is 67.9 Å². The molecule has 0 fully saturated rings. The number of ether oxygens (including phenoxy) is 4. The molecule has 1 aromatic heterocycles. The molecule has 0 aliphatic carbocycles. The van der Waals surface area contributed by atoms with Crippen molar-refractivity contribution in [2.24, 2.45) is 0 Å². The van der Waals surface area contributed by atoms with Gasteiger partial charge >= 0.3 is 0 Å². The summed E-state index contributed by atoms with van der Waals surface area (Å²) in [6.07, 6.45) is 0. The number of hydrogen-bond donors (Lipinski definition) is 0. The first-order valence-electron chi connectivity index (χ1n) is 12.4. The van der Waals surface area contributed by atoms with Crippen LogP contribution in [0.2, 0.25) is 0 Å². The van der Waals surface area contributed by atoms with E-state index in [0.717, 1.165) is 17.0 Å². The molecule has 1 atom stereocenters. The quantitative estimate of drug-likeness (QED) is 0.108. The number of benzene rings is 2. The number of pyridine rings is 1. The van der Waals surface area contributed by atoms with E-state index in [1.165, 1.54) is 0 Å². The Morgan fingerprint density at radius 1 is 0.842 bits per heavy atom. The summed E-state index contributed by atoms with van der Waals surface area (Å²) in [4.78, 5) is 4.61. The molecule has 0 bridgehead atoms. The number of methoxy groups -OCH3 is 1. The molecular formula is C29H33BrNO6P. The lowest BCUT2D eigenvalue weighted by Gasteiger charge is -2.18. The fraction of sp³-hybridized carbons (Fsp3) is 0.345. The van der Waals surface area contributed by atoms with Gasteiger partial charge in [-0.3, -0.25) is 4.57 Å². The summed E-state index contributed by atoms with van der Waals surface area (Å²) in [6.45, 7) is 5.23. The Morgan fingerprint density at radius 2 is 1.50 bits per heavy atom. The summed E-state index contributed by atoms with van der Waals surface area (Å²) < 4.78 is 41.2. The summed E-state index contributed by atoms with van der Waals surface area (Å²) in [7, 11) is -1.71. The number of aromatic nitrogens is 1. The third kappa shape index (κ3) is 9.36. The van der Waals surface area contributed by atoms with Crippen molar-refractivity contribution in [3.8, 4) is 17.6 Å². The molecule has 0 radical (unpaired) electrons. The zero-order valence-corrected chi connectivity index (χ0v) is 24.2. The third-order valence-electron chi connectivity index (χ3n) is 5.22. The van der Waals surface area contributed by atoms with Crippen LogP contribution in [0.3, 0.4) is 0 Å². The minimum Gasteiger partial charge on any atom is -0.491 e. The highest BCUT2D eigenvalue weighted by atomic mass is 79.9. The highest BCUT2D eigenvalue weighted by molar-refractivity contribution is 9.08. The molecule has 1 unspecified atom stereocenters. The first-order chi connectivity index (χ1) is 18.6. The summed E-state index contributed by atoms with van der Waals surface area (Å²) >= 11 is 3.46. The topological polar surface area (TPSA) is 76.1 Å². The molecule has 0 amide bonds. The summed E-state index contributed by atoms with van der Waals surface area (Å²) in [5, 5.41) is 1.11. The highest BCUT2D eigenvalue weighted by Gasteiger charge is 2.30. The lowest BCUT2D eigenvalue weighted by Crippen LogP contribution is -2.22. The van der Waals surface area contributed by atoms with E-state index in [9.17, 15) is 4.57 Å². The van der Waals surface area contributed by atoms with Crippen LogP contribution in [0, 0.1) is 11.8 Å². The van der Waals surface area contributed by atoms with Gasteiger partial charge in [0.1, 0.15) is 17.8 Å². The Labute approximate surface area is 233 Å². The van der Waals surface area contributed by atoms with E-state index >= 15 is 0 Å². The van der Waals surface area contributed by atoms with Crippen LogP contribution in [0.1, 0.15) is 23.7 Å². The van der Waals surface area contributed by atoms with Gasteiger partial charge in [-0.2, -0.15) is 0 Å². The van der Waals surface area contributed by atoms with Gasteiger partial charge in [-0.15, -0.1) is 0 Å². The molecule has 38 heavy (non-hydrogen) atoms. The molecular weight excluding hydrogens is 569 g/mol. The van der Waals surface area contributed by atoms with E-state index in [-0.39, 0.29) is 0 Å². The number of rotatable bonds is 15. The molecule has 0 spiro atoms. The fourth-order valence-electron chi connectivity index (χ4n) is 3.40. The maximum Gasteiger partial charge on any atom is 0.279 e. The van der Waals surface area contributed by atoms with Gasteiger partial charge in [0.15, 0.2) is 0 Å². The summed E-state index contributed by atoms with van der Waals surface area (Å²) in [5.74, 6) is 7.09. The van der Waals surface area contributed by atoms with Crippen molar-refractivity contribution in [3.05, 3.63) is 83.6 Å². The lowest BCUT2D eigenvalue weighted by atomic mass is 10.2. The van der Waals surface area contributed by atoms with Gasteiger partial charge in [-0.05, 0) is 55.5 Å². The molecule has 3 aromatic rings. The average Bonchev–Trinajstić information content (AvgIpc) is 2.96. The van der Waals surface area contributed by atoms with E-state index in [1.807, 2.05) is 55.5 Å². The number of halogens is 1. The Morgan fingerprint density at radius 3 is 2.16 bits per heavy atom. The van der Waals surface area contributed by atoms with Gasteiger partial charge in [0.25, 0.3) is 7.37 Å².